The molecule has 0 bridgehead atoms. The Bertz CT molecular complexity index is 1020. The summed E-state index contributed by atoms with van der Waals surface area (Å²) in [6.45, 7) is 0.573. The van der Waals surface area contributed by atoms with E-state index in [9.17, 15) is 14.4 Å². The summed E-state index contributed by atoms with van der Waals surface area (Å²) in [5, 5.41) is 16.1. The number of aromatic amines is 1. The Balaban J connectivity index is 1.66. The van der Waals surface area contributed by atoms with E-state index < -0.39 is 0 Å². The maximum absolute atomic E-state index is 14.2. The van der Waals surface area contributed by atoms with Crippen molar-refractivity contribution < 1.29 is 9.18 Å². The van der Waals surface area contributed by atoms with Crippen molar-refractivity contribution >= 4 is 5.91 Å². The van der Waals surface area contributed by atoms with Gasteiger partial charge in [0.05, 0.1) is 23.9 Å². The van der Waals surface area contributed by atoms with E-state index in [1.165, 1.54) is 6.07 Å². The van der Waals surface area contributed by atoms with Gasteiger partial charge in [0.15, 0.2) is 0 Å². The number of aromatic nitrogens is 2. The van der Waals surface area contributed by atoms with Gasteiger partial charge in [0.25, 0.3) is 5.91 Å². The minimum Gasteiger partial charge on any atom is -0.331 e. The highest BCUT2D eigenvalue weighted by Gasteiger charge is 2.32. The van der Waals surface area contributed by atoms with Gasteiger partial charge in [-0.3, -0.25) is 9.89 Å². The highest BCUT2D eigenvalue weighted by Crippen LogP contribution is 2.35. The largest absolute Gasteiger partial charge is 0.331 e. The van der Waals surface area contributed by atoms with Crippen LogP contribution in [-0.4, -0.2) is 27.5 Å². The molecule has 27 heavy (non-hydrogen) atoms. The zero-order chi connectivity index (χ0) is 18.8. The number of nitrogens with zero attached hydrogens (tertiary/aromatic N) is 3. The van der Waals surface area contributed by atoms with Crippen molar-refractivity contribution in [2.24, 2.45) is 0 Å². The van der Waals surface area contributed by atoms with Gasteiger partial charge in [0.2, 0.25) is 0 Å². The lowest BCUT2D eigenvalue weighted by molar-refractivity contribution is 0.0733. The van der Waals surface area contributed by atoms with Crippen LogP contribution >= 0.6 is 0 Å². The number of halogens is 1. The predicted octanol–water partition coefficient (Wildman–Crippen LogP) is 4.06. The molecule has 0 aliphatic carbocycles. The molecular formula is C21H17FN4O. The zero-order valence-corrected chi connectivity index (χ0v) is 14.5. The molecule has 6 heteroatoms. The number of rotatable bonds is 3. The number of hydrogen-bond donors (Lipinski definition) is 1. The van der Waals surface area contributed by atoms with Gasteiger partial charge in [-0.05, 0) is 31.0 Å². The lowest BCUT2D eigenvalue weighted by Crippen LogP contribution is -2.31. The Hall–Kier alpha value is -3.46. The number of H-pyrrole nitrogens is 1. The van der Waals surface area contributed by atoms with Gasteiger partial charge < -0.3 is 4.90 Å². The standard InChI is InChI=1S/C21H17FN4O/c22-19-5-2-1-4-18(19)20-6-3-9-26(20)21(27)14-7-8-17(15(10-14)11-23)16-12-24-25-13-16/h1-2,4-5,7-8,10,12-13,20H,3,6,9H2,(H,24,25). The van der Waals surface area contributed by atoms with Crippen LogP contribution in [0.15, 0.2) is 54.9 Å². The van der Waals surface area contributed by atoms with Gasteiger partial charge in [-0.15, -0.1) is 0 Å². The number of nitrogens with one attached hydrogen (secondary N) is 1. The van der Waals surface area contributed by atoms with Crippen molar-refractivity contribution in [1.82, 2.24) is 15.1 Å². The summed E-state index contributed by atoms with van der Waals surface area (Å²) in [5.41, 5.74) is 2.88. The van der Waals surface area contributed by atoms with Crippen molar-refractivity contribution in [3.05, 3.63) is 77.4 Å². The molecule has 134 valence electrons. The van der Waals surface area contributed by atoms with Crippen molar-refractivity contribution in [3.63, 3.8) is 0 Å². The zero-order valence-electron chi connectivity index (χ0n) is 14.5. The van der Waals surface area contributed by atoms with Crippen LogP contribution in [0.5, 0.6) is 0 Å². The first-order chi connectivity index (χ1) is 13.2. The number of nitriles is 1. The normalized spacial score (nSPS) is 16.3. The molecule has 4 rings (SSSR count). The Morgan fingerprint density at radius 1 is 1.30 bits per heavy atom. The van der Waals surface area contributed by atoms with Gasteiger partial charge in [0.1, 0.15) is 5.82 Å². The number of likely N-dealkylation sites (tertiary alicyclic amines) is 1. The van der Waals surface area contributed by atoms with Crippen molar-refractivity contribution in [2.75, 3.05) is 6.54 Å². The van der Waals surface area contributed by atoms with Crippen molar-refractivity contribution in [1.29, 1.82) is 5.26 Å². The fraction of sp³-hybridized carbons (Fsp3) is 0.190. The Morgan fingerprint density at radius 3 is 2.89 bits per heavy atom. The van der Waals surface area contributed by atoms with Crippen molar-refractivity contribution in [3.8, 4) is 17.2 Å². The third-order valence-corrected chi connectivity index (χ3v) is 4.97. The van der Waals surface area contributed by atoms with Crippen LogP contribution in [-0.2, 0) is 0 Å². The molecule has 1 amide bonds. The van der Waals surface area contributed by atoms with E-state index in [1.807, 2.05) is 0 Å². The summed E-state index contributed by atoms with van der Waals surface area (Å²) in [4.78, 5) is 14.8. The Kier molecular flexibility index (Phi) is 4.43. The molecule has 1 aliphatic heterocycles. The Morgan fingerprint density at radius 2 is 2.15 bits per heavy atom. The van der Waals surface area contributed by atoms with E-state index >= 15 is 0 Å². The molecule has 1 aromatic heterocycles. The molecule has 0 spiro atoms. The van der Waals surface area contributed by atoms with Crippen LogP contribution in [0.3, 0.4) is 0 Å². The smallest absolute Gasteiger partial charge is 0.254 e. The van der Waals surface area contributed by atoms with Crippen LogP contribution < -0.4 is 0 Å². The van der Waals surface area contributed by atoms with Gasteiger partial charge >= 0.3 is 0 Å². The summed E-state index contributed by atoms with van der Waals surface area (Å²) < 4.78 is 14.2. The summed E-state index contributed by atoms with van der Waals surface area (Å²) >= 11 is 0. The minimum atomic E-state index is -0.296. The molecule has 1 unspecified atom stereocenters. The lowest BCUT2D eigenvalue weighted by Gasteiger charge is -2.25. The number of amides is 1. The first kappa shape index (κ1) is 17.0. The fourth-order valence-corrected chi connectivity index (χ4v) is 3.66. The van der Waals surface area contributed by atoms with E-state index in [1.54, 1.807) is 53.7 Å². The van der Waals surface area contributed by atoms with Gasteiger partial charge in [-0.2, -0.15) is 10.4 Å². The highest BCUT2D eigenvalue weighted by molar-refractivity contribution is 5.96. The molecule has 2 heterocycles. The third kappa shape index (κ3) is 3.08. The second-order valence-corrected chi connectivity index (χ2v) is 6.54. The fourth-order valence-electron chi connectivity index (χ4n) is 3.66. The van der Waals surface area contributed by atoms with E-state index in [4.69, 9.17) is 0 Å². The van der Waals surface area contributed by atoms with Crippen molar-refractivity contribution in [2.45, 2.75) is 18.9 Å². The van der Waals surface area contributed by atoms with Crippen LogP contribution in [0, 0.1) is 17.1 Å². The van der Waals surface area contributed by atoms with Gasteiger partial charge in [-0.25, -0.2) is 4.39 Å². The third-order valence-electron chi connectivity index (χ3n) is 4.97. The summed E-state index contributed by atoms with van der Waals surface area (Å²) in [6.07, 6.45) is 4.88. The predicted molar refractivity (Wildman–Crippen MR) is 98.2 cm³/mol. The van der Waals surface area contributed by atoms with Gasteiger partial charge in [-0.1, -0.05) is 24.3 Å². The van der Waals surface area contributed by atoms with E-state index in [-0.39, 0.29) is 17.8 Å². The Labute approximate surface area is 156 Å². The topological polar surface area (TPSA) is 72.8 Å². The molecule has 0 radical (unpaired) electrons. The maximum atomic E-state index is 14.2. The molecular weight excluding hydrogens is 343 g/mol. The molecule has 1 fully saturated rings. The quantitative estimate of drug-likeness (QED) is 0.765. The number of benzene rings is 2. The second-order valence-electron chi connectivity index (χ2n) is 6.54. The lowest BCUT2D eigenvalue weighted by atomic mass is 9.99. The first-order valence-corrected chi connectivity index (χ1v) is 8.77. The van der Waals surface area contributed by atoms with Gasteiger partial charge in [0, 0.05) is 35.0 Å². The SMILES string of the molecule is N#Cc1cc(C(=O)N2CCCC2c2ccccc2F)ccc1-c1cn[nH]c1. The number of carbonyl (C=O) groups excluding carboxylic acids is 1. The molecule has 5 nitrogen and oxygen atoms in total. The van der Waals surface area contributed by atoms with Crippen LogP contribution in [0.1, 0.15) is 40.4 Å². The molecule has 2 aromatic carbocycles. The van der Waals surface area contributed by atoms with Crippen LogP contribution in [0.25, 0.3) is 11.1 Å². The summed E-state index contributed by atoms with van der Waals surface area (Å²) in [5.74, 6) is -0.480. The minimum absolute atomic E-state index is 0.184. The summed E-state index contributed by atoms with van der Waals surface area (Å²) in [6, 6.07) is 13.5. The van der Waals surface area contributed by atoms with E-state index in [0.29, 0.717) is 23.2 Å². The second kappa shape index (κ2) is 7.04. The van der Waals surface area contributed by atoms with Crippen LogP contribution in [0.4, 0.5) is 4.39 Å². The molecule has 1 N–H and O–H groups in total. The molecule has 1 saturated heterocycles. The van der Waals surface area contributed by atoms with Crippen LogP contribution in [0.2, 0.25) is 0 Å². The van der Waals surface area contributed by atoms with E-state index in [2.05, 4.69) is 16.3 Å². The molecule has 1 aliphatic rings. The number of hydrogen-bond acceptors (Lipinski definition) is 3. The maximum Gasteiger partial charge on any atom is 0.254 e. The molecule has 1 atom stereocenters. The first-order valence-electron chi connectivity index (χ1n) is 8.77. The average molecular weight is 360 g/mol. The highest BCUT2D eigenvalue weighted by atomic mass is 19.1. The molecule has 0 saturated carbocycles. The monoisotopic (exact) mass is 360 g/mol. The van der Waals surface area contributed by atoms with E-state index in [0.717, 1.165) is 24.0 Å². The average Bonchev–Trinajstić information content (AvgIpc) is 3.39. The molecule has 3 aromatic rings. The number of carbonyl (C=O) groups is 1. The summed E-state index contributed by atoms with van der Waals surface area (Å²) in [7, 11) is 0.